The summed E-state index contributed by atoms with van der Waals surface area (Å²) in [7, 11) is 0. The molecule has 0 atom stereocenters. The molecule has 3 N–H and O–H groups in total. The van der Waals surface area contributed by atoms with Crippen LogP contribution in [0.3, 0.4) is 0 Å². The van der Waals surface area contributed by atoms with Crippen LogP contribution in [-0.4, -0.2) is 5.91 Å². The lowest BCUT2D eigenvalue weighted by Gasteiger charge is -2.17. The molecule has 0 aromatic heterocycles. The number of hydrogen-bond donors (Lipinski definition) is 2. The molecule has 3 heteroatoms. The van der Waals surface area contributed by atoms with Gasteiger partial charge in [-0.3, -0.25) is 4.79 Å². The summed E-state index contributed by atoms with van der Waals surface area (Å²) in [6, 6.07) is 3.87. The van der Waals surface area contributed by atoms with E-state index in [0.29, 0.717) is 0 Å². The Morgan fingerprint density at radius 3 is 2.26 bits per heavy atom. The highest BCUT2D eigenvalue weighted by atomic mass is 16.1. The zero-order valence-corrected chi connectivity index (χ0v) is 12.5. The average Bonchev–Trinajstić information content (AvgIpc) is 2.35. The third-order valence-corrected chi connectivity index (χ3v) is 3.52. The van der Waals surface area contributed by atoms with E-state index in [0.717, 1.165) is 48.2 Å². The van der Waals surface area contributed by atoms with Crippen molar-refractivity contribution >= 4 is 17.3 Å². The number of nitrogen functional groups attached to an aromatic ring is 1. The lowest BCUT2D eigenvalue weighted by Crippen LogP contribution is -2.23. The van der Waals surface area contributed by atoms with E-state index in [-0.39, 0.29) is 11.8 Å². The minimum Gasteiger partial charge on any atom is -0.399 e. The second-order valence-corrected chi connectivity index (χ2v) is 5.29. The van der Waals surface area contributed by atoms with Crippen molar-refractivity contribution < 1.29 is 4.79 Å². The zero-order valence-electron chi connectivity index (χ0n) is 12.5. The molecule has 0 heterocycles. The maximum atomic E-state index is 12.3. The van der Waals surface area contributed by atoms with Crippen molar-refractivity contribution in [3.63, 3.8) is 0 Å². The van der Waals surface area contributed by atoms with Gasteiger partial charge in [0.1, 0.15) is 0 Å². The van der Waals surface area contributed by atoms with Gasteiger partial charge in [-0.05, 0) is 49.9 Å². The lowest BCUT2D eigenvalue weighted by atomic mass is 9.97. The highest BCUT2D eigenvalue weighted by Crippen LogP contribution is 2.24. The van der Waals surface area contributed by atoms with E-state index in [1.807, 2.05) is 26.0 Å². The summed E-state index contributed by atoms with van der Waals surface area (Å²) in [5, 5.41) is 3.05. The second-order valence-electron chi connectivity index (χ2n) is 5.29. The van der Waals surface area contributed by atoms with Crippen LogP contribution in [0.1, 0.15) is 50.7 Å². The molecule has 0 saturated carbocycles. The summed E-state index contributed by atoms with van der Waals surface area (Å²) in [6.45, 7) is 8.17. The van der Waals surface area contributed by atoms with Crippen LogP contribution in [0.15, 0.2) is 12.1 Å². The Bertz CT molecular complexity index is 435. The summed E-state index contributed by atoms with van der Waals surface area (Å²) >= 11 is 0. The SMILES string of the molecule is CCCC(CCC)C(=O)Nc1cc(C)c(N)cc1C. The fourth-order valence-electron chi connectivity index (χ4n) is 2.31. The number of rotatable bonds is 6. The molecule has 1 aromatic carbocycles. The summed E-state index contributed by atoms with van der Waals surface area (Å²) < 4.78 is 0. The molecule has 0 fully saturated rings. The van der Waals surface area contributed by atoms with Crippen LogP contribution in [-0.2, 0) is 4.79 Å². The first-order chi connectivity index (χ1) is 8.99. The van der Waals surface area contributed by atoms with E-state index in [4.69, 9.17) is 5.73 Å². The molecule has 0 unspecified atom stereocenters. The molecule has 0 aliphatic carbocycles. The Kier molecular flexibility index (Phi) is 5.87. The van der Waals surface area contributed by atoms with Gasteiger partial charge in [-0.1, -0.05) is 26.7 Å². The largest absolute Gasteiger partial charge is 0.399 e. The number of nitrogens with one attached hydrogen (secondary N) is 1. The monoisotopic (exact) mass is 262 g/mol. The molecule has 0 saturated heterocycles. The van der Waals surface area contributed by atoms with Crippen LogP contribution >= 0.6 is 0 Å². The van der Waals surface area contributed by atoms with Crippen LogP contribution in [0, 0.1) is 19.8 Å². The molecular formula is C16H26N2O. The molecule has 0 spiro atoms. The van der Waals surface area contributed by atoms with Crippen molar-refractivity contribution in [3.8, 4) is 0 Å². The highest BCUT2D eigenvalue weighted by Gasteiger charge is 2.17. The fourth-order valence-corrected chi connectivity index (χ4v) is 2.31. The first-order valence-corrected chi connectivity index (χ1v) is 7.17. The molecule has 106 valence electrons. The Morgan fingerprint density at radius 1 is 1.16 bits per heavy atom. The Morgan fingerprint density at radius 2 is 1.74 bits per heavy atom. The van der Waals surface area contributed by atoms with Gasteiger partial charge in [0.15, 0.2) is 0 Å². The summed E-state index contributed by atoms with van der Waals surface area (Å²) in [5.41, 5.74) is 9.54. The van der Waals surface area contributed by atoms with Gasteiger partial charge in [-0.2, -0.15) is 0 Å². The second kappa shape index (κ2) is 7.17. The molecule has 1 rings (SSSR count). The summed E-state index contributed by atoms with van der Waals surface area (Å²) in [5.74, 6) is 0.253. The van der Waals surface area contributed by atoms with Crippen LogP contribution < -0.4 is 11.1 Å². The van der Waals surface area contributed by atoms with Gasteiger partial charge >= 0.3 is 0 Å². The van der Waals surface area contributed by atoms with E-state index in [2.05, 4.69) is 19.2 Å². The van der Waals surface area contributed by atoms with Gasteiger partial charge in [0, 0.05) is 17.3 Å². The Hall–Kier alpha value is -1.51. The van der Waals surface area contributed by atoms with Crippen LogP contribution in [0.25, 0.3) is 0 Å². The van der Waals surface area contributed by atoms with Gasteiger partial charge in [0.25, 0.3) is 0 Å². The number of benzene rings is 1. The third-order valence-electron chi connectivity index (χ3n) is 3.52. The van der Waals surface area contributed by atoms with E-state index >= 15 is 0 Å². The zero-order chi connectivity index (χ0) is 14.4. The number of anilines is 2. The molecule has 0 aliphatic heterocycles. The minimum absolute atomic E-state index is 0.118. The maximum Gasteiger partial charge on any atom is 0.227 e. The quantitative estimate of drug-likeness (QED) is 0.760. The van der Waals surface area contributed by atoms with Crippen molar-refractivity contribution in [2.45, 2.75) is 53.4 Å². The number of carbonyl (C=O) groups is 1. The van der Waals surface area contributed by atoms with Crippen LogP contribution in [0.5, 0.6) is 0 Å². The van der Waals surface area contributed by atoms with Crippen molar-refractivity contribution in [1.29, 1.82) is 0 Å². The molecule has 0 radical (unpaired) electrons. The van der Waals surface area contributed by atoms with Gasteiger partial charge in [-0.25, -0.2) is 0 Å². The first-order valence-electron chi connectivity index (χ1n) is 7.17. The van der Waals surface area contributed by atoms with Gasteiger partial charge in [0.05, 0.1) is 0 Å². The summed E-state index contributed by atoms with van der Waals surface area (Å²) in [4.78, 5) is 12.3. The van der Waals surface area contributed by atoms with E-state index < -0.39 is 0 Å². The molecule has 0 aliphatic rings. The molecule has 0 bridgehead atoms. The van der Waals surface area contributed by atoms with Gasteiger partial charge < -0.3 is 11.1 Å². The van der Waals surface area contributed by atoms with E-state index in [1.54, 1.807) is 0 Å². The number of nitrogens with two attached hydrogens (primary N) is 1. The predicted molar refractivity (Wildman–Crippen MR) is 82.3 cm³/mol. The van der Waals surface area contributed by atoms with Crippen LogP contribution in [0.4, 0.5) is 11.4 Å². The van der Waals surface area contributed by atoms with E-state index in [1.165, 1.54) is 0 Å². The topological polar surface area (TPSA) is 55.1 Å². The standard InChI is InChI=1S/C16H26N2O/c1-5-7-13(8-6-2)16(19)18-15-10-11(3)14(17)9-12(15)4/h9-10,13H,5-8,17H2,1-4H3,(H,18,19). The first kappa shape index (κ1) is 15.5. The number of amides is 1. The van der Waals surface area contributed by atoms with Gasteiger partial charge in [0.2, 0.25) is 5.91 Å². The van der Waals surface area contributed by atoms with Gasteiger partial charge in [-0.15, -0.1) is 0 Å². The smallest absolute Gasteiger partial charge is 0.227 e. The van der Waals surface area contributed by atoms with E-state index in [9.17, 15) is 4.79 Å². The average molecular weight is 262 g/mol. The fraction of sp³-hybridized carbons (Fsp3) is 0.562. The number of hydrogen-bond acceptors (Lipinski definition) is 2. The number of carbonyl (C=O) groups excluding carboxylic acids is 1. The molecular weight excluding hydrogens is 236 g/mol. The minimum atomic E-state index is 0.118. The normalized spacial score (nSPS) is 10.8. The Labute approximate surface area is 116 Å². The van der Waals surface area contributed by atoms with Crippen LogP contribution in [0.2, 0.25) is 0 Å². The number of aryl methyl sites for hydroxylation is 2. The molecule has 1 amide bonds. The van der Waals surface area contributed by atoms with Crippen molar-refractivity contribution in [2.75, 3.05) is 11.1 Å². The third kappa shape index (κ3) is 4.27. The highest BCUT2D eigenvalue weighted by molar-refractivity contribution is 5.93. The predicted octanol–water partition coefficient (Wildman–Crippen LogP) is 4.04. The summed E-state index contributed by atoms with van der Waals surface area (Å²) in [6.07, 6.45) is 3.98. The van der Waals surface area contributed by atoms with Crippen molar-refractivity contribution in [1.82, 2.24) is 0 Å². The molecule has 3 nitrogen and oxygen atoms in total. The molecule has 19 heavy (non-hydrogen) atoms. The Balaban J connectivity index is 2.83. The van der Waals surface area contributed by atoms with Crippen molar-refractivity contribution in [2.24, 2.45) is 5.92 Å². The lowest BCUT2D eigenvalue weighted by molar-refractivity contribution is -0.120. The maximum absolute atomic E-state index is 12.3. The molecule has 1 aromatic rings. The van der Waals surface area contributed by atoms with Crippen molar-refractivity contribution in [3.05, 3.63) is 23.3 Å².